The van der Waals surface area contributed by atoms with E-state index in [1.807, 2.05) is 6.07 Å². The number of rotatable bonds is 4. The van der Waals surface area contributed by atoms with Crippen LogP contribution in [0.15, 0.2) is 60.7 Å². The molecule has 0 atom stereocenters. The van der Waals surface area contributed by atoms with Gasteiger partial charge in [-0.3, -0.25) is 14.9 Å². The van der Waals surface area contributed by atoms with Crippen LogP contribution in [0.25, 0.3) is 16.9 Å². The van der Waals surface area contributed by atoms with Gasteiger partial charge in [-0.25, -0.2) is 13.9 Å². The fraction of sp³-hybridized carbons (Fsp3) is 0.296. The number of hydrogen-bond donors (Lipinski definition) is 0. The van der Waals surface area contributed by atoms with Crippen LogP contribution in [0.4, 0.5) is 15.8 Å². The first-order valence-electron chi connectivity index (χ1n) is 12.1. The molecule has 0 radical (unpaired) electrons. The zero-order valence-corrected chi connectivity index (χ0v) is 20.9. The number of anilines is 1. The lowest BCUT2D eigenvalue weighted by molar-refractivity contribution is -0.384. The Morgan fingerprint density at radius 3 is 2.22 bits per heavy atom. The monoisotopic (exact) mass is 502 g/mol. The first-order chi connectivity index (χ1) is 17.6. The third-order valence-electron chi connectivity index (χ3n) is 6.55. The van der Waals surface area contributed by atoms with Gasteiger partial charge >= 0.3 is 0 Å². The molecule has 1 amide bonds. The highest BCUT2D eigenvalue weighted by Gasteiger charge is 2.27. The number of nitro benzene ring substituents is 1. The van der Waals surface area contributed by atoms with Crippen molar-refractivity contribution in [1.82, 2.24) is 19.5 Å². The summed E-state index contributed by atoms with van der Waals surface area (Å²) in [5.41, 5.74) is 3.73. The van der Waals surface area contributed by atoms with E-state index in [0.717, 1.165) is 11.4 Å². The summed E-state index contributed by atoms with van der Waals surface area (Å²) in [5, 5.41) is 15.7. The van der Waals surface area contributed by atoms with Gasteiger partial charge in [-0.15, -0.1) is 0 Å². The van der Waals surface area contributed by atoms with Crippen molar-refractivity contribution in [3.8, 4) is 11.3 Å². The summed E-state index contributed by atoms with van der Waals surface area (Å²) >= 11 is 0. The summed E-state index contributed by atoms with van der Waals surface area (Å²) in [6.07, 6.45) is 0. The van der Waals surface area contributed by atoms with Crippen molar-refractivity contribution in [1.29, 1.82) is 0 Å². The third-order valence-corrected chi connectivity index (χ3v) is 6.55. The number of halogens is 1. The normalized spacial score (nSPS) is 14.3. The molecule has 0 bridgehead atoms. The van der Waals surface area contributed by atoms with Crippen LogP contribution in [0.2, 0.25) is 0 Å². The summed E-state index contributed by atoms with van der Waals surface area (Å²) in [7, 11) is 0. The number of benzene rings is 2. The minimum Gasteiger partial charge on any atom is -0.368 e. The zero-order valence-electron chi connectivity index (χ0n) is 20.9. The summed E-state index contributed by atoms with van der Waals surface area (Å²) in [6, 6.07) is 16.1. The lowest BCUT2D eigenvalue weighted by Crippen LogP contribution is -2.49. The molecular weight excluding hydrogens is 475 g/mol. The van der Waals surface area contributed by atoms with Crippen LogP contribution in [0, 0.1) is 15.9 Å². The molecule has 5 rings (SSSR count). The number of aromatic nitrogens is 3. The molecule has 2 aromatic carbocycles. The Bertz CT molecular complexity index is 1470. The van der Waals surface area contributed by atoms with Gasteiger partial charge in [0.1, 0.15) is 11.5 Å². The Labute approximate surface area is 213 Å². The average molecular weight is 503 g/mol. The van der Waals surface area contributed by atoms with Gasteiger partial charge in [0.2, 0.25) is 0 Å². The van der Waals surface area contributed by atoms with Crippen LogP contribution in [-0.4, -0.2) is 56.5 Å². The van der Waals surface area contributed by atoms with Gasteiger partial charge < -0.3 is 9.80 Å². The molecule has 190 valence electrons. The molecule has 1 aliphatic heterocycles. The quantitative estimate of drug-likeness (QED) is 0.296. The second-order valence-corrected chi connectivity index (χ2v) is 10.1. The summed E-state index contributed by atoms with van der Waals surface area (Å²) in [4.78, 5) is 32.9. The van der Waals surface area contributed by atoms with Crippen LogP contribution >= 0.6 is 0 Å². The highest BCUT2D eigenvalue weighted by Crippen LogP contribution is 2.27. The highest BCUT2D eigenvalue weighted by molar-refractivity contribution is 5.94. The largest absolute Gasteiger partial charge is 0.368 e. The maximum absolute atomic E-state index is 13.8. The van der Waals surface area contributed by atoms with Crippen LogP contribution < -0.4 is 4.90 Å². The van der Waals surface area contributed by atoms with E-state index in [2.05, 4.69) is 25.7 Å². The zero-order chi connectivity index (χ0) is 26.3. The van der Waals surface area contributed by atoms with Crippen molar-refractivity contribution in [3.63, 3.8) is 0 Å². The number of nitrogens with zero attached hydrogens (tertiary/aromatic N) is 6. The summed E-state index contributed by atoms with van der Waals surface area (Å²) < 4.78 is 15.1. The van der Waals surface area contributed by atoms with E-state index in [1.165, 1.54) is 24.3 Å². The van der Waals surface area contributed by atoms with Crippen LogP contribution in [0.3, 0.4) is 0 Å². The topological polar surface area (TPSA) is 96.9 Å². The number of piperazine rings is 1. The molecule has 2 aromatic heterocycles. The molecule has 0 N–H and O–H groups in total. The van der Waals surface area contributed by atoms with Crippen molar-refractivity contribution >= 4 is 22.9 Å². The van der Waals surface area contributed by atoms with Crippen molar-refractivity contribution < 1.29 is 14.1 Å². The van der Waals surface area contributed by atoms with E-state index in [1.54, 1.807) is 39.7 Å². The van der Waals surface area contributed by atoms with Crippen molar-refractivity contribution in [2.75, 3.05) is 31.1 Å². The minimum absolute atomic E-state index is 0.0464. The second-order valence-electron chi connectivity index (χ2n) is 10.1. The number of nitro groups is 1. The fourth-order valence-electron chi connectivity index (χ4n) is 4.38. The Balaban J connectivity index is 1.44. The molecule has 4 aromatic rings. The van der Waals surface area contributed by atoms with Crippen molar-refractivity contribution in [3.05, 3.63) is 88.0 Å². The highest BCUT2D eigenvalue weighted by atomic mass is 19.1. The Hall–Kier alpha value is -4.34. The molecule has 10 heteroatoms. The van der Waals surface area contributed by atoms with E-state index in [0.29, 0.717) is 48.8 Å². The molecular formula is C27H27FN6O3. The minimum atomic E-state index is -0.420. The van der Waals surface area contributed by atoms with E-state index in [9.17, 15) is 19.3 Å². The molecule has 1 fully saturated rings. The molecule has 0 unspecified atom stereocenters. The predicted octanol–water partition coefficient (Wildman–Crippen LogP) is 4.70. The second kappa shape index (κ2) is 9.27. The van der Waals surface area contributed by atoms with Gasteiger partial charge in [0, 0.05) is 61.0 Å². The molecule has 0 aliphatic carbocycles. The van der Waals surface area contributed by atoms with Crippen LogP contribution in [0.1, 0.15) is 37.0 Å². The van der Waals surface area contributed by atoms with Crippen LogP contribution in [0.5, 0.6) is 0 Å². The smallest absolute Gasteiger partial charge is 0.272 e. The van der Waals surface area contributed by atoms with Gasteiger partial charge in [-0.2, -0.15) is 5.10 Å². The molecule has 0 saturated carbocycles. The SMILES string of the molecule is CC(C)(C)c1cc2nc(-c3ccc(F)cc3)cc(C(=O)N3CCN(c4ccc([N+](=O)[O-])cc4)CC3)n2n1. The average Bonchev–Trinajstić information content (AvgIpc) is 3.33. The predicted molar refractivity (Wildman–Crippen MR) is 138 cm³/mol. The number of fused-ring (bicyclic) bond motifs is 1. The molecule has 1 saturated heterocycles. The standard InChI is InChI=1S/C27H27FN6O3/c1-27(2,3)24-17-25-29-22(18-4-6-19(28)7-5-18)16-23(33(25)30-24)26(35)32-14-12-31(13-15-32)20-8-10-21(11-9-20)34(36)37/h4-11,16-17H,12-15H2,1-3H3. The maximum Gasteiger partial charge on any atom is 0.272 e. The first-order valence-corrected chi connectivity index (χ1v) is 12.1. The van der Waals surface area contributed by atoms with Crippen molar-refractivity contribution in [2.24, 2.45) is 0 Å². The molecule has 0 spiro atoms. The first kappa shape index (κ1) is 24.4. The number of non-ortho nitro benzene ring substituents is 1. The summed E-state index contributed by atoms with van der Waals surface area (Å²) in [5.74, 6) is -0.505. The van der Waals surface area contributed by atoms with Gasteiger partial charge in [0.25, 0.3) is 11.6 Å². The van der Waals surface area contributed by atoms with Crippen molar-refractivity contribution in [2.45, 2.75) is 26.2 Å². The van der Waals surface area contributed by atoms with Gasteiger partial charge in [-0.1, -0.05) is 20.8 Å². The Kier molecular flexibility index (Phi) is 6.10. The summed E-state index contributed by atoms with van der Waals surface area (Å²) in [6.45, 7) is 8.30. The van der Waals surface area contributed by atoms with Gasteiger partial charge in [-0.05, 0) is 42.5 Å². The van der Waals surface area contributed by atoms with Gasteiger partial charge in [0.05, 0.1) is 16.3 Å². The number of amides is 1. The number of hydrogen-bond acceptors (Lipinski definition) is 6. The van der Waals surface area contributed by atoms with E-state index >= 15 is 0 Å². The van der Waals surface area contributed by atoms with E-state index in [-0.39, 0.29) is 22.8 Å². The lowest BCUT2D eigenvalue weighted by Gasteiger charge is -2.36. The van der Waals surface area contributed by atoms with E-state index < -0.39 is 4.92 Å². The Morgan fingerprint density at radius 2 is 1.62 bits per heavy atom. The maximum atomic E-state index is 13.8. The van der Waals surface area contributed by atoms with E-state index in [4.69, 9.17) is 10.1 Å². The Morgan fingerprint density at radius 1 is 0.973 bits per heavy atom. The molecule has 37 heavy (non-hydrogen) atoms. The third kappa shape index (κ3) is 4.87. The lowest BCUT2D eigenvalue weighted by atomic mass is 9.93. The molecule has 9 nitrogen and oxygen atoms in total. The molecule has 1 aliphatic rings. The number of carbonyl (C=O) groups is 1. The van der Waals surface area contributed by atoms with Crippen LogP contribution in [-0.2, 0) is 5.41 Å². The molecule has 3 heterocycles. The van der Waals surface area contributed by atoms with Gasteiger partial charge in [0.15, 0.2) is 5.65 Å². The fourth-order valence-corrected chi connectivity index (χ4v) is 4.38. The number of carbonyl (C=O) groups excluding carboxylic acids is 1.